The molecule has 0 radical (unpaired) electrons. The highest BCUT2D eigenvalue weighted by Crippen LogP contribution is 2.16. The van der Waals surface area contributed by atoms with E-state index in [-0.39, 0.29) is 5.76 Å². The highest BCUT2D eigenvalue weighted by molar-refractivity contribution is 5.84. The molecule has 4 heteroatoms. The fourth-order valence-corrected chi connectivity index (χ4v) is 1.63. The van der Waals surface area contributed by atoms with Gasteiger partial charge in [0.05, 0.1) is 0 Å². The van der Waals surface area contributed by atoms with Crippen LogP contribution in [0.3, 0.4) is 0 Å². The standard InChI is InChI=1S/C13H21NO3/c1-9(2)5-6-14(4)8-11-7-12(13(15)16)17-10(11)3/h7,9H,5-6,8H2,1-4H3,(H,15,16). The second-order valence-electron chi connectivity index (χ2n) is 4.92. The zero-order chi connectivity index (χ0) is 13.0. The maximum Gasteiger partial charge on any atom is 0.371 e. The average Bonchev–Trinajstić information content (AvgIpc) is 2.58. The predicted molar refractivity (Wildman–Crippen MR) is 66.2 cm³/mol. The maximum atomic E-state index is 10.8. The third-order valence-electron chi connectivity index (χ3n) is 2.76. The number of hydrogen-bond donors (Lipinski definition) is 1. The first-order chi connectivity index (χ1) is 7.90. The van der Waals surface area contributed by atoms with Crippen molar-refractivity contribution in [3.63, 3.8) is 0 Å². The number of carbonyl (C=O) groups is 1. The first kappa shape index (κ1) is 13.8. The van der Waals surface area contributed by atoms with Crippen LogP contribution in [0.15, 0.2) is 10.5 Å². The summed E-state index contributed by atoms with van der Waals surface area (Å²) >= 11 is 0. The van der Waals surface area contributed by atoms with Crippen molar-refractivity contribution in [2.24, 2.45) is 5.92 Å². The molecule has 0 saturated carbocycles. The van der Waals surface area contributed by atoms with Crippen LogP contribution in [0.2, 0.25) is 0 Å². The molecule has 1 heterocycles. The zero-order valence-electron chi connectivity index (χ0n) is 11.0. The number of nitrogens with zero attached hydrogens (tertiary/aromatic N) is 1. The van der Waals surface area contributed by atoms with E-state index in [1.807, 2.05) is 7.05 Å². The molecule has 4 nitrogen and oxygen atoms in total. The molecule has 17 heavy (non-hydrogen) atoms. The van der Waals surface area contributed by atoms with Crippen LogP contribution in [0.25, 0.3) is 0 Å². The molecule has 0 atom stereocenters. The molecule has 0 bridgehead atoms. The van der Waals surface area contributed by atoms with Gasteiger partial charge < -0.3 is 14.4 Å². The number of aryl methyl sites for hydroxylation is 1. The predicted octanol–water partition coefficient (Wildman–Crippen LogP) is 2.76. The summed E-state index contributed by atoms with van der Waals surface area (Å²) in [4.78, 5) is 12.9. The van der Waals surface area contributed by atoms with Gasteiger partial charge in [0.2, 0.25) is 5.76 Å². The minimum Gasteiger partial charge on any atom is -0.475 e. The molecule has 1 N–H and O–H groups in total. The number of carboxylic acid groups (broad SMARTS) is 1. The van der Waals surface area contributed by atoms with E-state index in [1.54, 1.807) is 13.0 Å². The Morgan fingerprint density at radius 2 is 2.18 bits per heavy atom. The van der Waals surface area contributed by atoms with E-state index in [0.717, 1.165) is 25.1 Å². The van der Waals surface area contributed by atoms with Crippen molar-refractivity contribution in [2.75, 3.05) is 13.6 Å². The van der Waals surface area contributed by atoms with Gasteiger partial charge in [0, 0.05) is 12.1 Å². The van der Waals surface area contributed by atoms with Gasteiger partial charge in [0.25, 0.3) is 0 Å². The highest BCUT2D eigenvalue weighted by atomic mass is 16.4. The lowest BCUT2D eigenvalue weighted by atomic mass is 10.1. The SMILES string of the molecule is Cc1oc(C(=O)O)cc1CN(C)CCC(C)C. The van der Waals surface area contributed by atoms with Crippen molar-refractivity contribution >= 4 is 5.97 Å². The lowest BCUT2D eigenvalue weighted by molar-refractivity contribution is 0.0661. The summed E-state index contributed by atoms with van der Waals surface area (Å²) < 4.78 is 5.18. The van der Waals surface area contributed by atoms with E-state index in [1.165, 1.54) is 0 Å². The third kappa shape index (κ3) is 4.23. The summed E-state index contributed by atoms with van der Waals surface area (Å²) in [6.07, 6.45) is 1.14. The number of carboxylic acids is 1. The molecule has 0 aliphatic heterocycles. The van der Waals surface area contributed by atoms with Gasteiger partial charge in [-0.1, -0.05) is 13.8 Å². The number of hydrogen-bond acceptors (Lipinski definition) is 3. The molecule has 0 fully saturated rings. The van der Waals surface area contributed by atoms with E-state index in [4.69, 9.17) is 9.52 Å². The van der Waals surface area contributed by atoms with Gasteiger partial charge in [0.15, 0.2) is 0 Å². The summed E-state index contributed by atoms with van der Waals surface area (Å²) in [6.45, 7) is 7.93. The second kappa shape index (κ2) is 5.87. The van der Waals surface area contributed by atoms with Gasteiger partial charge in [-0.25, -0.2) is 4.79 Å². The summed E-state index contributed by atoms with van der Waals surface area (Å²) in [5.74, 6) is 0.384. The van der Waals surface area contributed by atoms with Crippen LogP contribution in [-0.2, 0) is 6.54 Å². The van der Waals surface area contributed by atoms with Gasteiger partial charge in [-0.3, -0.25) is 0 Å². The van der Waals surface area contributed by atoms with Crippen LogP contribution >= 0.6 is 0 Å². The Kier molecular flexibility index (Phi) is 4.75. The molecule has 0 amide bonds. The Morgan fingerprint density at radius 3 is 2.65 bits per heavy atom. The van der Waals surface area contributed by atoms with Crippen LogP contribution in [0.4, 0.5) is 0 Å². The van der Waals surface area contributed by atoms with Gasteiger partial charge >= 0.3 is 5.97 Å². The largest absolute Gasteiger partial charge is 0.475 e. The zero-order valence-corrected chi connectivity index (χ0v) is 11.0. The molecule has 0 aliphatic carbocycles. The van der Waals surface area contributed by atoms with Crippen molar-refractivity contribution in [3.05, 3.63) is 23.2 Å². The van der Waals surface area contributed by atoms with E-state index >= 15 is 0 Å². The summed E-state index contributed by atoms with van der Waals surface area (Å²) in [6, 6.07) is 1.61. The molecule has 1 aromatic rings. The number of rotatable bonds is 6. The third-order valence-corrected chi connectivity index (χ3v) is 2.76. The molecular weight excluding hydrogens is 218 g/mol. The minimum atomic E-state index is -1.01. The first-order valence-electron chi connectivity index (χ1n) is 5.91. The average molecular weight is 239 g/mol. The summed E-state index contributed by atoms with van der Waals surface area (Å²) in [5, 5.41) is 8.83. The Hall–Kier alpha value is -1.29. The van der Waals surface area contributed by atoms with Gasteiger partial charge in [-0.2, -0.15) is 0 Å². The monoisotopic (exact) mass is 239 g/mol. The fraction of sp³-hybridized carbons (Fsp3) is 0.615. The van der Waals surface area contributed by atoms with Crippen molar-refractivity contribution < 1.29 is 14.3 Å². The minimum absolute atomic E-state index is 0.0229. The molecule has 1 aromatic heterocycles. The molecule has 0 aromatic carbocycles. The summed E-state index contributed by atoms with van der Waals surface area (Å²) in [7, 11) is 2.04. The van der Waals surface area contributed by atoms with Gasteiger partial charge in [-0.15, -0.1) is 0 Å². The smallest absolute Gasteiger partial charge is 0.371 e. The van der Waals surface area contributed by atoms with Crippen molar-refractivity contribution in [3.8, 4) is 0 Å². The summed E-state index contributed by atoms with van der Waals surface area (Å²) in [5.41, 5.74) is 0.952. The van der Waals surface area contributed by atoms with Crippen molar-refractivity contribution in [1.29, 1.82) is 0 Å². The lowest BCUT2D eigenvalue weighted by Gasteiger charge is -2.17. The van der Waals surface area contributed by atoms with E-state index in [9.17, 15) is 4.79 Å². The molecule has 96 valence electrons. The van der Waals surface area contributed by atoms with Crippen LogP contribution in [0, 0.1) is 12.8 Å². The molecule has 0 aliphatic rings. The van der Waals surface area contributed by atoms with Crippen molar-refractivity contribution in [1.82, 2.24) is 4.90 Å². The van der Waals surface area contributed by atoms with Crippen LogP contribution in [0.1, 0.15) is 42.1 Å². The Labute approximate surface area is 102 Å². The second-order valence-corrected chi connectivity index (χ2v) is 4.92. The highest BCUT2D eigenvalue weighted by Gasteiger charge is 2.14. The fourth-order valence-electron chi connectivity index (χ4n) is 1.63. The maximum absolute atomic E-state index is 10.8. The quantitative estimate of drug-likeness (QED) is 0.829. The van der Waals surface area contributed by atoms with Gasteiger partial charge in [0.1, 0.15) is 5.76 Å². The van der Waals surface area contributed by atoms with Crippen molar-refractivity contribution in [2.45, 2.75) is 33.7 Å². The van der Waals surface area contributed by atoms with E-state index in [0.29, 0.717) is 11.7 Å². The molecule has 0 spiro atoms. The lowest BCUT2D eigenvalue weighted by Crippen LogP contribution is -2.20. The number of aromatic carboxylic acids is 1. The normalized spacial score (nSPS) is 11.4. The van der Waals surface area contributed by atoms with Crippen LogP contribution in [-0.4, -0.2) is 29.6 Å². The van der Waals surface area contributed by atoms with Crippen LogP contribution in [0.5, 0.6) is 0 Å². The topological polar surface area (TPSA) is 53.7 Å². The molecule has 1 rings (SSSR count). The Balaban J connectivity index is 2.58. The van der Waals surface area contributed by atoms with E-state index < -0.39 is 5.97 Å². The first-order valence-corrected chi connectivity index (χ1v) is 5.91. The van der Waals surface area contributed by atoms with Crippen LogP contribution < -0.4 is 0 Å². The Bertz CT molecular complexity index is 382. The molecule has 0 unspecified atom stereocenters. The number of furan rings is 1. The van der Waals surface area contributed by atoms with E-state index in [2.05, 4.69) is 18.7 Å². The van der Waals surface area contributed by atoms with Gasteiger partial charge in [-0.05, 0) is 38.9 Å². The molecule has 0 saturated heterocycles. The molecular formula is C13H21NO3. The Morgan fingerprint density at radius 1 is 1.53 bits per heavy atom.